The van der Waals surface area contributed by atoms with E-state index >= 15 is 0 Å². The average molecular weight is 417 g/mol. The third-order valence-corrected chi connectivity index (χ3v) is 5.95. The Labute approximate surface area is 175 Å². The molecular weight excluding hydrogens is 388 g/mol. The van der Waals surface area contributed by atoms with Crippen LogP contribution in [0.4, 0.5) is 5.13 Å². The van der Waals surface area contributed by atoms with Gasteiger partial charge in [0.25, 0.3) is 0 Å². The van der Waals surface area contributed by atoms with Crippen LogP contribution in [0.25, 0.3) is 0 Å². The minimum absolute atomic E-state index is 0.0144. The number of hydrogen-bond donors (Lipinski definition) is 0. The summed E-state index contributed by atoms with van der Waals surface area (Å²) in [6, 6.07) is 10.1. The molecule has 0 aliphatic carbocycles. The maximum atomic E-state index is 13.1. The Kier molecular flexibility index (Phi) is 7.77. The van der Waals surface area contributed by atoms with E-state index < -0.39 is 5.97 Å². The molecule has 0 spiro atoms. The number of esters is 1. The number of hydrogen-bond acceptors (Lipinski definition) is 6. The number of anilines is 1. The van der Waals surface area contributed by atoms with Crippen molar-refractivity contribution < 1.29 is 19.1 Å². The fourth-order valence-electron chi connectivity index (χ4n) is 3.39. The first-order valence-electron chi connectivity index (χ1n) is 10.2. The predicted octanol–water partition coefficient (Wildman–Crippen LogP) is 4.16. The Morgan fingerprint density at radius 2 is 2.10 bits per heavy atom. The van der Waals surface area contributed by atoms with Gasteiger partial charge in [-0.2, -0.15) is 0 Å². The summed E-state index contributed by atoms with van der Waals surface area (Å²) in [7, 11) is 0. The summed E-state index contributed by atoms with van der Waals surface area (Å²) in [6.07, 6.45) is 4.09. The van der Waals surface area contributed by atoms with Crippen LogP contribution in [0.2, 0.25) is 0 Å². The lowest BCUT2D eigenvalue weighted by molar-refractivity contribution is -0.119. The number of rotatable bonds is 9. The van der Waals surface area contributed by atoms with Crippen molar-refractivity contribution in [2.24, 2.45) is 0 Å². The zero-order chi connectivity index (χ0) is 20.6. The van der Waals surface area contributed by atoms with E-state index in [0.717, 1.165) is 42.7 Å². The van der Waals surface area contributed by atoms with Crippen LogP contribution in [0, 0.1) is 6.92 Å². The van der Waals surface area contributed by atoms with Crippen molar-refractivity contribution in [3.63, 3.8) is 0 Å². The molecular formula is C22H28N2O4S. The maximum absolute atomic E-state index is 13.1. The van der Waals surface area contributed by atoms with Crippen molar-refractivity contribution in [2.45, 2.75) is 52.1 Å². The van der Waals surface area contributed by atoms with Gasteiger partial charge in [0.05, 0.1) is 12.7 Å². The van der Waals surface area contributed by atoms with Gasteiger partial charge in [-0.1, -0.05) is 30.3 Å². The number of benzene rings is 1. The molecule has 6 nitrogen and oxygen atoms in total. The van der Waals surface area contributed by atoms with Crippen LogP contribution in [0.3, 0.4) is 0 Å². The molecule has 1 aliphatic rings. The second-order valence-corrected chi connectivity index (χ2v) is 8.26. The highest BCUT2D eigenvalue weighted by Crippen LogP contribution is 2.28. The Balaban J connectivity index is 1.74. The number of ether oxygens (including phenoxy) is 2. The van der Waals surface area contributed by atoms with Crippen molar-refractivity contribution in [1.82, 2.24) is 4.98 Å². The van der Waals surface area contributed by atoms with Crippen LogP contribution in [0.15, 0.2) is 30.3 Å². The molecule has 7 heteroatoms. The summed E-state index contributed by atoms with van der Waals surface area (Å²) in [5.74, 6) is -0.428. The monoisotopic (exact) mass is 416 g/mol. The van der Waals surface area contributed by atoms with E-state index in [0.29, 0.717) is 30.4 Å². The van der Waals surface area contributed by atoms with Gasteiger partial charge < -0.3 is 9.47 Å². The highest BCUT2D eigenvalue weighted by Gasteiger charge is 2.25. The molecule has 3 rings (SSSR count). The quantitative estimate of drug-likeness (QED) is 0.574. The lowest BCUT2D eigenvalue weighted by Crippen LogP contribution is -2.33. The van der Waals surface area contributed by atoms with Gasteiger partial charge in [-0.3, -0.25) is 9.69 Å². The van der Waals surface area contributed by atoms with Gasteiger partial charge in [0.2, 0.25) is 5.91 Å². The summed E-state index contributed by atoms with van der Waals surface area (Å²) in [4.78, 5) is 32.1. The van der Waals surface area contributed by atoms with Crippen molar-refractivity contribution in [3.05, 3.63) is 46.5 Å². The molecule has 1 atom stereocenters. The van der Waals surface area contributed by atoms with Gasteiger partial charge in [0.1, 0.15) is 0 Å². The molecule has 1 aromatic heterocycles. The number of amides is 1. The summed E-state index contributed by atoms with van der Waals surface area (Å²) in [6.45, 7) is 5.19. The summed E-state index contributed by atoms with van der Waals surface area (Å²) in [5, 5.41) is 0.554. The van der Waals surface area contributed by atoms with Crippen LogP contribution in [0.5, 0.6) is 0 Å². The smallest absolute Gasteiger partial charge is 0.358 e. The third-order valence-electron chi connectivity index (χ3n) is 4.96. The zero-order valence-corrected chi connectivity index (χ0v) is 17.9. The number of aryl methyl sites for hydroxylation is 1. The SMILES string of the molecule is CCOC(=O)c1nc(N(CCc2ccccc2)C(=O)CCC2CCCO2)sc1C. The van der Waals surface area contributed by atoms with Gasteiger partial charge in [0, 0.05) is 24.4 Å². The molecule has 0 saturated carbocycles. The van der Waals surface area contributed by atoms with E-state index in [2.05, 4.69) is 4.98 Å². The van der Waals surface area contributed by atoms with Crippen molar-refractivity contribution in [2.75, 3.05) is 24.7 Å². The van der Waals surface area contributed by atoms with Crippen LogP contribution in [-0.2, 0) is 20.7 Å². The molecule has 2 heterocycles. The average Bonchev–Trinajstić information content (AvgIpc) is 3.37. The fraction of sp³-hybridized carbons (Fsp3) is 0.500. The van der Waals surface area contributed by atoms with Crippen LogP contribution < -0.4 is 4.90 Å². The molecule has 0 radical (unpaired) electrons. The van der Waals surface area contributed by atoms with Gasteiger partial charge in [-0.25, -0.2) is 9.78 Å². The van der Waals surface area contributed by atoms with Gasteiger partial charge in [-0.05, 0) is 45.1 Å². The van der Waals surface area contributed by atoms with E-state index in [9.17, 15) is 9.59 Å². The molecule has 29 heavy (non-hydrogen) atoms. The summed E-state index contributed by atoms with van der Waals surface area (Å²) in [5.41, 5.74) is 1.45. The number of aromatic nitrogens is 1. The molecule has 0 N–H and O–H groups in total. The Hall–Kier alpha value is -2.25. The first-order chi connectivity index (χ1) is 14.1. The van der Waals surface area contributed by atoms with Crippen molar-refractivity contribution >= 4 is 28.3 Å². The molecule has 1 amide bonds. The number of thiazole rings is 1. The van der Waals surface area contributed by atoms with E-state index in [1.807, 2.05) is 37.3 Å². The predicted molar refractivity (Wildman–Crippen MR) is 114 cm³/mol. The molecule has 1 aromatic carbocycles. The van der Waals surface area contributed by atoms with Crippen molar-refractivity contribution in [1.29, 1.82) is 0 Å². The first kappa shape index (κ1) is 21.5. The molecule has 1 unspecified atom stereocenters. The highest BCUT2D eigenvalue weighted by atomic mass is 32.1. The molecule has 1 fully saturated rings. The normalized spacial score (nSPS) is 16.0. The van der Waals surface area contributed by atoms with Gasteiger partial charge in [0.15, 0.2) is 10.8 Å². The Bertz CT molecular complexity index is 815. The topological polar surface area (TPSA) is 68.7 Å². The molecule has 0 bridgehead atoms. The maximum Gasteiger partial charge on any atom is 0.358 e. The van der Waals surface area contributed by atoms with Gasteiger partial charge >= 0.3 is 5.97 Å². The van der Waals surface area contributed by atoms with Crippen LogP contribution in [0.1, 0.15) is 53.5 Å². The second kappa shape index (κ2) is 10.5. The standard InChI is InChI=1S/C22H28N2O4S/c1-3-27-21(26)20-16(2)29-22(23-20)24(14-13-17-8-5-4-6-9-17)19(25)12-11-18-10-7-15-28-18/h4-6,8-9,18H,3,7,10-15H2,1-2H3. The number of carbonyl (C=O) groups excluding carboxylic acids is 2. The zero-order valence-electron chi connectivity index (χ0n) is 17.1. The van der Waals surface area contributed by atoms with E-state index in [4.69, 9.17) is 9.47 Å². The largest absolute Gasteiger partial charge is 0.461 e. The molecule has 156 valence electrons. The molecule has 2 aromatic rings. The molecule has 1 aliphatic heterocycles. The molecule has 1 saturated heterocycles. The fourth-order valence-corrected chi connectivity index (χ4v) is 4.33. The Morgan fingerprint density at radius 3 is 2.79 bits per heavy atom. The van der Waals surface area contributed by atoms with E-state index in [1.54, 1.807) is 11.8 Å². The minimum atomic E-state index is -0.442. The lowest BCUT2D eigenvalue weighted by Gasteiger charge is -2.21. The lowest BCUT2D eigenvalue weighted by atomic mass is 10.1. The first-order valence-corrected chi connectivity index (χ1v) is 11.0. The number of nitrogens with zero attached hydrogens (tertiary/aromatic N) is 2. The summed E-state index contributed by atoms with van der Waals surface area (Å²) >= 11 is 1.36. The Morgan fingerprint density at radius 1 is 1.31 bits per heavy atom. The minimum Gasteiger partial charge on any atom is -0.461 e. The van der Waals surface area contributed by atoms with Gasteiger partial charge in [-0.15, -0.1) is 11.3 Å². The number of carbonyl (C=O) groups is 2. The van der Waals surface area contributed by atoms with E-state index in [-0.39, 0.29) is 12.0 Å². The third kappa shape index (κ3) is 5.87. The highest BCUT2D eigenvalue weighted by molar-refractivity contribution is 7.16. The second-order valence-electron chi connectivity index (χ2n) is 7.08. The van der Waals surface area contributed by atoms with Crippen molar-refractivity contribution in [3.8, 4) is 0 Å². The van der Waals surface area contributed by atoms with Crippen LogP contribution >= 0.6 is 11.3 Å². The van der Waals surface area contributed by atoms with Crippen LogP contribution in [-0.4, -0.2) is 42.7 Å². The van der Waals surface area contributed by atoms with E-state index in [1.165, 1.54) is 11.3 Å². The summed E-state index contributed by atoms with van der Waals surface area (Å²) < 4.78 is 10.7.